The Hall–Kier alpha value is -2.45. The maximum Gasteiger partial charge on any atom is 0.326 e. The van der Waals surface area contributed by atoms with Crippen LogP contribution in [0.4, 0.5) is 0 Å². The van der Waals surface area contributed by atoms with Crippen molar-refractivity contribution in [2.24, 2.45) is 5.41 Å². The summed E-state index contributed by atoms with van der Waals surface area (Å²) in [6.45, 7) is 4.36. The van der Waals surface area contributed by atoms with Crippen molar-refractivity contribution in [2.75, 3.05) is 13.2 Å². The molecular formula is C20H30N2O6. The van der Waals surface area contributed by atoms with E-state index < -0.39 is 36.4 Å². The van der Waals surface area contributed by atoms with Gasteiger partial charge in [-0.3, -0.25) is 9.59 Å². The SMILES string of the molecule is CC(C)(CCO)CCN[C@@H](CC(=O)O)C(=O)N[C@@H](Cc1ccccc1)C(=O)O. The molecule has 8 nitrogen and oxygen atoms in total. The molecule has 0 aromatic heterocycles. The number of nitrogens with one attached hydrogen (secondary N) is 2. The van der Waals surface area contributed by atoms with Crippen molar-refractivity contribution in [1.29, 1.82) is 0 Å². The minimum atomic E-state index is -1.18. The number of amides is 1. The van der Waals surface area contributed by atoms with Crippen molar-refractivity contribution >= 4 is 17.8 Å². The Balaban J connectivity index is 2.72. The van der Waals surface area contributed by atoms with E-state index in [0.717, 1.165) is 5.56 Å². The first-order valence-electron chi connectivity index (χ1n) is 9.28. The third-order valence-electron chi connectivity index (χ3n) is 4.57. The molecule has 1 amide bonds. The Labute approximate surface area is 165 Å². The minimum absolute atomic E-state index is 0.0474. The van der Waals surface area contributed by atoms with E-state index in [1.54, 1.807) is 24.3 Å². The van der Waals surface area contributed by atoms with Crippen LogP contribution in [0.5, 0.6) is 0 Å². The van der Waals surface area contributed by atoms with Crippen molar-refractivity contribution in [1.82, 2.24) is 10.6 Å². The lowest BCUT2D eigenvalue weighted by atomic mass is 9.86. The largest absolute Gasteiger partial charge is 0.481 e. The Bertz CT molecular complexity index is 647. The van der Waals surface area contributed by atoms with Gasteiger partial charge in [0.25, 0.3) is 0 Å². The lowest BCUT2D eigenvalue weighted by Gasteiger charge is -2.25. The third-order valence-corrected chi connectivity index (χ3v) is 4.57. The Morgan fingerprint density at radius 1 is 1.04 bits per heavy atom. The van der Waals surface area contributed by atoms with Gasteiger partial charge in [-0.05, 0) is 30.4 Å². The summed E-state index contributed by atoms with van der Waals surface area (Å²) in [5, 5.41) is 32.9. The van der Waals surface area contributed by atoms with E-state index in [1.165, 1.54) is 0 Å². The molecule has 5 N–H and O–H groups in total. The normalized spacial score (nSPS) is 13.5. The number of aliphatic carboxylic acids is 2. The molecule has 1 aromatic carbocycles. The number of benzene rings is 1. The molecule has 0 aliphatic heterocycles. The first-order chi connectivity index (χ1) is 13.1. The van der Waals surface area contributed by atoms with E-state index in [9.17, 15) is 19.5 Å². The number of aliphatic hydroxyl groups excluding tert-OH is 1. The van der Waals surface area contributed by atoms with Crippen LogP contribution in [0.25, 0.3) is 0 Å². The Kier molecular flexibility index (Phi) is 9.61. The van der Waals surface area contributed by atoms with Gasteiger partial charge in [0.15, 0.2) is 0 Å². The van der Waals surface area contributed by atoms with Gasteiger partial charge in [0.05, 0.1) is 12.5 Å². The fourth-order valence-corrected chi connectivity index (χ4v) is 2.77. The van der Waals surface area contributed by atoms with Gasteiger partial charge in [-0.2, -0.15) is 0 Å². The van der Waals surface area contributed by atoms with E-state index in [0.29, 0.717) is 19.4 Å². The highest BCUT2D eigenvalue weighted by Gasteiger charge is 2.27. The minimum Gasteiger partial charge on any atom is -0.481 e. The van der Waals surface area contributed by atoms with Gasteiger partial charge in [-0.15, -0.1) is 0 Å². The fourth-order valence-electron chi connectivity index (χ4n) is 2.77. The second-order valence-corrected chi connectivity index (χ2v) is 7.58. The standard InChI is InChI=1S/C20H30N2O6/c1-20(2,9-11-23)8-10-21-15(13-17(24)25)18(26)22-16(19(27)28)12-14-6-4-3-5-7-14/h3-7,15-16,21,23H,8-13H2,1-2H3,(H,22,26)(H,24,25)(H,27,28)/t15-,16-/m0/s1. The Morgan fingerprint density at radius 3 is 2.21 bits per heavy atom. The second-order valence-electron chi connectivity index (χ2n) is 7.58. The van der Waals surface area contributed by atoms with E-state index >= 15 is 0 Å². The number of carboxylic acid groups (broad SMARTS) is 2. The molecule has 156 valence electrons. The molecule has 28 heavy (non-hydrogen) atoms. The molecule has 0 unspecified atom stereocenters. The third kappa shape index (κ3) is 8.96. The summed E-state index contributed by atoms with van der Waals surface area (Å²) in [6.07, 6.45) is 0.862. The number of aliphatic hydroxyl groups is 1. The molecule has 8 heteroatoms. The van der Waals surface area contributed by atoms with Gasteiger partial charge in [-0.1, -0.05) is 44.2 Å². The molecule has 0 bridgehead atoms. The summed E-state index contributed by atoms with van der Waals surface area (Å²) >= 11 is 0. The monoisotopic (exact) mass is 394 g/mol. The number of rotatable bonds is 13. The summed E-state index contributed by atoms with van der Waals surface area (Å²) in [4.78, 5) is 35.2. The molecule has 1 aromatic rings. The lowest BCUT2D eigenvalue weighted by Crippen LogP contribution is -2.52. The molecule has 0 radical (unpaired) electrons. The van der Waals surface area contributed by atoms with Crippen molar-refractivity contribution in [3.8, 4) is 0 Å². The number of carbonyl (C=O) groups excluding carboxylic acids is 1. The van der Waals surface area contributed by atoms with Crippen LogP contribution in [0.2, 0.25) is 0 Å². The van der Waals surface area contributed by atoms with E-state index in [4.69, 9.17) is 10.2 Å². The molecular weight excluding hydrogens is 364 g/mol. The average Bonchev–Trinajstić information content (AvgIpc) is 2.60. The van der Waals surface area contributed by atoms with Crippen molar-refractivity contribution in [2.45, 2.75) is 51.6 Å². The van der Waals surface area contributed by atoms with Crippen LogP contribution in [0.15, 0.2) is 30.3 Å². The number of carbonyl (C=O) groups is 3. The molecule has 0 aliphatic carbocycles. The predicted octanol–water partition coefficient (Wildman–Crippen LogP) is 1.03. The highest BCUT2D eigenvalue weighted by molar-refractivity contribution is 5.89. The predicted molar refractivity (Wildman–Crippen MR) is 104 cm³/mol. The molecule has 0 fully saturated rings. The van der Waals surface area contributed by atoms with Crippen LogP contribution < -0.4 is 10.6 Å². The topological polar surface area (TPSA) is 136 Å². The summed E-state index contributed by atoms with van der Waals surface area (Å²) in [6, 6.07) is 6.69. The first kappa shape index (κ1) is 23.6. The highest BCUT2D eigenvalue weighted by Crippen LogP contribution is 2.23. The average molecular weight is 394 g/mol. The molecule has 0 heterocycles. The molecule has 2 atom stereocenters. The van der Waals surface area contributed by atoms with Crippen molar-refractivity contribution in [3.05, 3.63) is 35.9 Å². The molecule has 0 spiro atoms. The first-order valence-corrected chi connectivity index (χ1v) is 9.28. The molecule has 0 saturated carbocycles. The van der Waals surface area contributed by atoms with Crippen molar-refractivity contribution in [3.63, 3.8) is 0 Å². The molecule has 1 rings (SSSR count). The molecule has 0 aliphatic rings. The number of hydrogen-bond donors (Lipinski definition) is 5. The van der Waals surface area contributed by atoms with E-state index in [2.05, 4.69) is 10.6 Å². The summed E-state index contributed by atoms with van der Waals surface area (Å²) in [5.41, 5.74) is 0.590. The van der Waals surface area contributed by atoms with Gasteiger partial charge in [0.1, 0.15) is 6.04 Å². The highest BCUT2D eigenvalue weighted by atomic mass is 16.4. The Morgan fingerprint density at radius 2 is 1.68 bits per heavy atom. The van der Waals surface area contributed by atoms with Gasteiger partial charge >= 0.3 is 11.9 Å². The van der Waals surface area contributed by atoms with Crippen LogP contribution in [0.3, 0.4) is 0 Å². The number of hydrogen-bond acceptors (Lipinski definition) is 5. The summed E-state index contributed by atoms with van der Waals surface area (Å²) < 4.78 is 0. The number of carboxylic acids is 2. The van der Waals surface area contributed by atoms with Crippen molar-refractivity contribution < 1.29 is 29.7 Å². The van der Waals surface area contributed by atoms with E-state index in [1.807, 2.05) is 19.9 Å². The van der Waals surface area contributed by atoms with Gasteiger partial charge < -0.3 is 26.0 Å². The van der Waals surface area contributed by atoms with Crippen LogP contribution in [-0.2, 0) is 20.8 Å². The van der Waals surface area contributed by atoms with Crippen LogP contribution in [0, 0.1) is 5.41 Å². The lowest BCUT2D eigenvalue weighted by molar-refractivity contribution is -0.143. The maximum absolute atomic E-state index is 12.5. The maximum atomic E-state index is 12.5. The smallest absolute Gasteiger partial charge is 0.326 e. The van der Waals surface area contributed by atoms with Gasteiger partial charge in [-0.25, -0.2) is 4.79 Å². The summed E-state index contributed by atoms with van der Waals surface area (Å²) in [5.74, 6) is -3.00. The van der Waals surface area contributed by atoms with E-state index in [-0.39, 0.29) is 18.4 Å². The van der Waals surface area contributed by atoms with Crippen LogP contribution in [0.1, 0.15) is 38.7 Å². The van der Waals surface area contributed by atoms with Gasteiger partial charge in [0.2, 0.25) is 5.91 Å². The fraction of sp³-hybridized carbons (Fsp3) is 0.550. The second kappa shape index (κ2) is 11.4. The zero-order valence-corrected chi connectivity index (χ0v) is 16.4. The van der Waals surface area contributed by atoms with Crippen LogP contribution >= 0.6 is 0 Å². The zero-order chi connectivity index (χ0) is 21.2. The zero-order valence-electron chi connectivity index (χ0n) is 16.4. The summed E-state index contributed by atoms with van der Waals surface area (Å²) in [7, 11) is 0. The van der Waals surface area contributed by atoms with Crippen LogP contribution in [-0.4, -0.2) is 58.4 Å². The molecule has 0 saturated heterocycles. The quantitative estimate of drug-likeness (QED) is 0.337. The van der Waals surface area contributed by atoms with Gasteiger partial charge in [0, 0.05) is 13.0 Å².